The molecule has 0 fully saturated rings. The Morgan fingerprint density at radius 2 is 1.94 bits per heavy atom. The number of phenolic OH excluding ortho intramolecular Hbond substituents is 1. The van der Waals surface area contributed by atoms with Crippen molar-refractivity contribution in [2.45, 2.75) is 26.3 Å². The van der Waals surface area contributed by atoms with Gasteiger partial charge in [0.2, 0.25) is 5.82 Å². The fourth-order valence-electron chi connectivity index (χ4n) is 1.11. The van der Waals surface area contributed by atoms with Crippen molar-refractivity contribution in [1.82, 2.24) is 4.31 Å². The predicted octanol–water partition coefficient (Wildman–Crippen LogP) is 3.15. The first-order valence-electron chi connectivity index (χ1n) is 5.11. The Bertz CT molecular complexity index is 475. The van der Waals surface area contributed by atoms with Crippen LogP contribution in [-0.4, -0.2) is 21.0 Å². The smallest absolute Gasteiger partial charge is 0.332 e. The fraction of sp³-hybridized carbons (Fsp3) is 0.364. The van der Waals surface area contributed by atoms with Gasteiger partial charge in [-0.3, -0.25) is 4.31 Å². The molecule has 0 aliphatic heterocycles. The Labute approximate surface area is 109 Å². The van der Waals surface area contributed by atoms with Crippen LogP contribution in [0.5, 0.6) is 5.75 Å². The van der Waals surface area contributed by atoms with Crippen LogP contribution < -0.4 is 5.32 Å². The second kappa shape index (κ2) is 5.01. The van der Waals surface area contributed by atoms with Gasteiger partial charge in [0, 0.05) is 5.54 Å². The number of thiol groups is 1. The number of rotatable bonds is 1. The van der Waals surface area contributed by atoms with E-state index in [0.717, 1.165) is 16.4 Å². The Hall–Kier alpha value is -1.50. The van der Waals surface area contributed by atoms with E-state index in [-0.39, 0.29) is 5.69 Å². The van der Waals surface area contributed by atoms with Crippen molar-refractivity contribution in [2.75, 3.05) is 5.32 Å². The van der Waals surface area contributed by atoms with Gasteiger partial charge in [-0.2, -0.15) is 4.39 Å². The summed E-state index contributed by atoms with van der Waals surface area (Å²) in [6.07, 6.45) is 0. The van der Waals surface area contributed by atoms with Crippen LogP contribution in [0.25, 0.3) is 0 Å². The molecule has 0 saturated carbocycles. The molecule has 0 aromatic heterocycles. The monoisotopic (exact) mass is 276 g/mol. The molecular formula is C11H14F2N2O2S. The molecule has 2 N–H and O–H groups in total. The Balaban J connectivity index is 2.93. The number of benzene rings is 1. The summed E-state index contributed by atoms with van der Waals surface area (Å²) in [5.74, 6) is -3.54. The van der Waals surface area contributed by atoms with Gasteiger partial charge in [-0.1, -0.05) is 12.8 Å². The third kappa shape index (κ3) is 3.04. The number of amides is 2. The van der Waals surface area contributed by atoms with Gasteiger partial charge in [0.25, 0.3) is 0 Å². The van der Waals surface area contributed by atoms with Gasteiger partial charge < -0.3 is 10.4 Å². The lowest BCUT2D eigenvalue weighted by Gasteiger charge is -2.30. The first-order chi connectivity index (χ1) is 8.14. The fourth-order valence-corrected chi connectivity index (χ4v) is 1.16. The van der Waals surface area contributed by atoms with Crippen LogP contribution >= 0.6 is 12.8 Å². The van der Waals surface area contributed by atoms with Crippen LogP contribution in [0.4, 0.5) is 19.3 Å². The molecule has 0 heterocycles. The molecule has 7 heteroatoms. The summed E-state index contributed by atoms with van der Waals surface area (Å²) in [6.45, 7) is 5.22. The summed E-state index contributed by atoms with van der Waals surface area (Å²) >= 11 is 3.99. The van der Waals surface area contributed by atoms with E-state index in [0.29, 0.717) is 0 Å². The SMILES string of the molecule is CC(C)(C)N(S)C(=O)Nc1ccc(F)c(F)c1O. The van der Waals surface area contributed by atoms with Crippen molar-refractivity contribution in [3.63, 3.8) is 0 Å². The number of hydrogen-bond acceptors (Lipinski definition) is 3. The van der Waals surface area contributed by atoms with E-state index in [9.17, 15) is 18.7 Å². The van der Waals surface area contributed by atoms with E-state index in [1.807, 2.05) is 0 Å². The zero-order chi connectivity index (χ0) is 14.1. The number of aromatic hydroxyl groups is 1. The summed E-state index contributed by atoms with van der Waals surface area (Å²) in [4.78, 5) is 11.7. The maximum absolute atomic E-state index is 13.1. The molecule has 1 aromatic rings. The summed E-state index contributed by atoms with van der Waals surface area (Å²) in [5, 5.41) is 11.6. The Morgan fingerprint density at radius 1 is 1.39 bits per heavy atom. The molecule has 0 atom stereocenters. The van der Waals surface area contributed by atoms with Crippen LogP contribution in [0, 0.1) is 11.6 Å². The molecule has 0 bridgehead atoms. The molecule has 100 valence electrons. The van der Waals surface area contributed by atoms with E-state index in [1.54, 1.807) is 20.8 Å². The van der Waals surface area contributed by atoms with E-state index in [1.165, 1.54) is 0 Å². The highest BCUT2D eigenvalue weighted by Gasteiger charge is 2.25. The number of carbonyl (C=O) groups is 1. The molecule has 2 amide bonds. The number of nitrogens with zero attached hydrogens (tertiary/aromatic N) is 1. The van der Waals surface area contributed by atoms with Crippen molar-refractivity contribution in [1.29, 1.82) is 0 Å². The third-order valence-corrected chi connectivity index (χ3v) is 2.92. The first-order valence-corrected chi connectivity index (χ1v) is 5.51. The third-order valence-electron chi connectivity index (χ3n) is 2.14. The minimum atomic E-state index is -1.41. The number of halogens is 2. The van der Waals surface area contributed by atoms with E-state index >= 15 is 0 Å². The molecule has 0 aliphatic rings. The van der Waals surface area contributed by atoms with E-state index in [2.05, 4.69) is 18.1 Å². The number of hydrogen-bond donors (Lipinski definition) is 3. The van der Waals surface area contributed by atoms with Gasteiger partial charge in [-0.05, 0) is 32.9 Å². The lowest BCUT2D eigenvalue weighted by molar-refractivity contribution is 0.216. The average Bonchev–Trinajstić information content (AvgIpc) is 2.27. The lowest BCUT2D eigenvalue weighted by atomic mass is 10.1. The number of carbonyl (C=O) groups excluding carboxylic acids is 1. The molecule has 0 radical (unpaired) electrons. The van der Waals surface area contributed by atoms with Crippen molar-refractivity contribution < 1.29 is 18.7 Å². The van der Waals surface area contributed by atoms with Gasteiger partial charge in [0.1, 0.15) is 0 Å². The second-order valence-corrected chi connectivity index (χ2v) is 5.07. The molecule has 18 heavy (non-hydrogen) atoms. The molecule has 0 spiro atoms. The molecule has 1 rings (SSSR count). The van der Waals surface area contributed by atoms with Gasteiger partial charge >= 0.3 is 6.03 Å². The normalized spacial score (nSPS) is 11.2. The van der Waals surface area contributed by atoms with Crippen LogP contribution in [0.15, 0.2) is 12.1 Å². The highest BCUT2D eigenvalue weighted by molar-refractivity contribution is 7.78. The number of phenols is 1. The largest absolute Gasteiger partial charge is 0.503 e. The molecule has 0 aliphatic carbocycles. The van der Waals surface area contributed by atoms with E-state index < -0.39 is 29.0 Å². The summed E-state index contributed by atoms with van der Waals surface area (Å²) in [7, 11) is 0. The Kier molecular flexibility index (Phi) is 4.05. The van der Waals surface area contributed by atoms with Gasteiger partial charge in [-0.25, -0.2) is 9.18 Å². The van der Waals surface area contributed by atoms with Crippen molar-refractivity contribution in [3.8, 4) is 5.75 Å². The van der Waals surface area contributed by atoms with Crippen LogP contribution in [0.1, 0.15) is 20.8 Å². The molecule has 0 saturated heterocycles. The second-order valence-electron chi connectivity index (χ2n) is 4.67. The quantitative estimate of drug-likeness (QED) is 0.545. The summed E-state index contributed by atoms with van der Waals surface area (Å²) in [5.41, 5.74) is -0.788. The summed E-state index contributed by atoms with van der Waals surface area (Å²) < 4.78 is 26.9. The van der Waals surface area contributed by atoms with E-state index in [4.69, 9.17) is 0 Å². The van der Waals surface area contributed by atoms with Gasteiger partial charge in [0.05, 0.1) is 5.69 Å². The minimum Gasteiger partial charge on any atom is -0.503 e. The molecule has 1 aromatic carbocycles. The average molecular weight is 276 g/mol. The van der Waals surface area contributed by atoms with Gasteiger partial charge in [-0.15, -0.1) is 0 Å². The number of nitrogens with one attached hydrogen (secondary N) is 1. The number of anilines is 1. The zero-order valence-electron chi connectivity index (χ0n) is 10.2. The van der Waals surface area contributed by atoms with Crippen LogP contribution in [-0.2, 0) is 0 Å². The van der Waals surface area contributed by atoms with Crippen molar-refractivity contribution >= 4 is 24.5 Å². The van der Waals surface area contributed by atoms with Crippen LogP contribution in [0.2, 0.25) is 0 Å². The Morgan fingerprint density at radius 3 is 2.44 bits per heavy atom. The molecule has 0 unspecified atom stereocenters. The predicted molar refractivity (Wildman–Crippen MR) is 67.6 cm³/mol. The molecule has 4 nitrogen and oxygen atoms in total. The maximum Gasteiger partial charge on any atom is 0.332 e. The topological polar surface area (TPSA) is 52.6 Å². The maximum atomic E-state index is 13.1. The number of urea groups is 1. The molecular weight excluding hydrogens is 262 g/mol. The van der Waals surface area contributed by atoms with Crippen molar-refractivity contribution in [3.05, 3.63) is 23.8 Å². The highest BCUT2D eigenvalue weighted by atomic mass is 32.1. The minimum absolute atomic E-state index is 0.220. The first kappa shape index (κ1) is 14.6. The van der Waals surface area contributed by atoms with Gasteiger partial charge in [0.15, 0.2) is 11.6 Å². The summed E-state index contributed by atoms with van der Waals surface area (Å²) in [6, 6.07) is 1.22. The highest BCUT2D eigenvalue weighted by Crippen LogP contribution is 2.29. The standard InChI is InChI=1S/C11H14F2N2O2S/c1-11(2,3)15(18)10(17)14-7-5-4-6(12)8(13)9(7)16/h4-5,16,18H,1-3H3,(H,14,17). The van der Waals surface area contributed by atoms with Crippen LogP contribution in [0.3, 0.4) is 0 Å². The van der Waals surface area contributed by atoms with Crippen molar-refractivity contribution in [2.24, 2.45) is 0 Å². The zero-order valence-corrected chi connectivity index (χ0v) is 11.1. The lowest BCUT2D eigenvalue weighted by Crippen LogP contribution is -2.41.